The lowest BCUT2D eigenvalue weighted by atomic mass is 10.1. The number of carbonyl (C=O) groups is 2. The molecule has 0 saturated carbocycles. The number of nitrogens with one attached hydrogen (secondary N) is 2. The van der Waals surface area contributed by atoms with E-state index in [9.17, 15) is 9.59 Å². The Morgan fingerprint density at radius 2 is 1.63 bits per heavy atom. The van der Waals surface area contributed by atoms with Gasteiger partial charge in [-0.1, -0.05) is 43.3 Å². The van der Waals surface area contributed by atoms with Crippen LogP contribution in [0.25, 0.3) is 0 Å². The molecule has 5 nitrogen and oxygen atoms in total. The van der Waals surface area contributed by atoms with E-state index < -0.39 is 0 Å². The molecule has 2 rings (SSSR count). The van der Waals surface area contributed by atoms with Crippen LogP contribution in [-0.4, -0.2) is 36.9 Å². The first-order valence-electron chi connectivity index (χ1n) is 9.28. The van der Waals surface area contributed by atoms with Gasteiger partial charge in [0.05, 0.1) is 13.1 Å². The Bertz CT molecular complexity index is 785. The smallest absolute Gasteiger partial charge is 0.243 e. The van der Waals surface area contributed by atoms with E-state index in [2.05, 4.69) is 41.8 Å². The molecule has 0 heterocycles. The Balaban J connectivity index is 1.75. The van der Waals surface area contributed by atoms with Gasteiger partial charge in [0.2, 0.25) is 11.8 Å². The average molecular weight is 367 g/mol. The van der Waals surface area contributed by atoms with E-state index >= 15 is 0 Å². The second-order valence-corrected chi connectivity index (χ2v) is 6.91. The Labute approximate surface area is 161 Å². The molecule has 0 aliphatic carbocycles. The molecule has 0 saturated heterocycles. The van der Waals surface area contributed by atoms with Crippen molar-refractivity contribution < 1.29 is 9.59 Å². The van der Waals surface area contributed by atoms with Crippen molar-refractivity contribution in [2.45, 2.75) is 33.7 Å². The van der Waals surface area contributed by atoms with Gasteiger partial charge in [0.25, 0.3) is 0 Å². The van der Waals surface area contributed by atoms with Gasteiger partial charge in [0.15, 0.2) is 0 Å². The minimum atomic E-state index is -0.227. The molecule has 2 N–H and O–H groups in total. The molecule has 0 spiro atoms. The number of rotatable bonds is 8. The molecule has 2 aromatic carbocycles. The lowest BCUT2D eigenvalue weighted by Gasteiger charge is -2.17. The summed E-state index contributed by atoms with van der Waals surface area (Å²) in [6.07, 6.45) is 1.02. The zero-order valence-electron chi connectivity index (χ0n) is 16.6. The van der Waals surface area contributed by atoms with E-state index in [-0.39, 0.29) is 24.9 Å². The fourth-order valence-electron chi connectivity index (χ4n) is 2.81. The number of hydrogen-bond donors (Lipinski definition) is 2. The van der Waals surface area contributed by atoms with Gasteiger partial charge in [0.1, 0.15) is 0 Å². The monoisotopic (exact) mass is 367 g/mol. The third-order valence-corrected chi connectivity index (χ3v) is 4.62. The summed E-state index contributed by atoms with van der Waals surface area (Å²) in [5.74, 6) is -0.395. The molecule has 0 radical (unpaired) electrons. The minimum Gasteiger partial charge on any atom is -0.346 e. The molecule has 2 aromatic rings. The van der Waals surface area contributed by atoms with Crippen LogP contribution in [0.2, 0.25) is 0 Å². The fraction of sp³-hybridized carbons (Fsp3) is 0.364. The van der Waals surface area contributed by atoms with Crippen LogP contribution in [0.1, 0.15) is 29.2 Å². The third kappa shape index (κ3) is 6.53. The lowest BCUT2D eigenvalue weighted by molar-refractivity contribution is -0.124. The number of nitrogens with zero attached hydrogens (tertiary/aromatic N) is 1. The summed E-state index contributed by atoms with van der Waals surface area (Å²) in [5.41, 5.74) is 5.39. The van der Waals surface area contributed by atoms with Crippen molar-refractivity contribution in [3.63, 3.8) is 0 Å². The van der Waals surface area contributed by atoms with Crippen LogP contribution in [0, 0.1) is 13.8 Å². The Morgan fingerprint density at radius 1 is 0.963 bits per heavy atom. The van der Waals surface area contributed by atoms with Crippen molar-refractivity contribution in [3.05, 3.63) is 64.7 Å². The van der Waals surface area contributed by atoms with E-state index in [1.165, 1.54) is 5.56 Å². The third-order valence-electron chi connectivity index (χ3n) is 4.62. The Morgan fingerprint density at radius 3 is 2.30 bits per heavy atom. The predicted octanol–water partition coefficient (Wildman–Crippen LogP) is 3.05. The summed E-state index contributed by atoms with van der Waals surface area (Å²) >= 11 is 0. The highest BCUT2D eigenvalue weighted by Gasteiger charge is 2.10. The summed E-state index contributed by atoms with van der Waals surface area (Å²) in [5, 5.41) is 5.52. The predicted molar refractivity (Wildman–Crippen MR) is 110 cm³/mol. The van der Waals surface area contributed by atoms with Crippen LogP contribution in [0.4, 0.5) is 5.69 Å². The maximum Gasteiger partial charge on any atom is 0.243 e. The van der Waals surface area contributed by atoms with Crippen LogP contribution >= 0.6 is 0 Å². The van der Waals surface area contributed by atoms with E-state index in [0.29, 0.717) is 6.54 Å². The molecular weight excluding hydrogens is 338 g/mol. The minimum absolute atomic E-state index is 0.0365. The molecule has 0 aliphatic heterocycles. The largest absolute Gasteiger partial charge is 0.346 e. The SMILES string of the molecule is CCc1ccc(CN(C)CC(=O)NCC(=O)Nc2cccc(C)c2C)cc1. The maximum atomic E-state index is 12.1. The number of anilines is 1. The molecule has 0 atom stereocenters. The second kappa shape index (κ2) is 9.88. The molecule has 0 unspecified atom stereocenters. The van der Waals surface area contributed by atoms with Gasteiger partial charge in [-0.2, -0.15) is 0 Å². The van der Waals surface area contributed by atoms with E-state index in [0.717, 1.165) is 28.8 Å². The zero-order chi connectivity index (χ0) is 19.8. The highest BCUT2D eigenvalue weighted by atomic mass is 16.2. The number of amides is 2. The van der Waals surface area contributed by atoms with Gasteiger partial charge in [0, 0.05) is 12.2 Å². The number of likely N-dealkylation sites (N-methyl/N-ethyl adjacent to an activating group) is 1. The molecule has 2 amide bonds. The molecule has 5 heteroatoms. The summed E-state index contributed by atoms with van der Waals surface area (Å²) in [6.45, 7) is 6.98. The van der Waals surface area contributed by atoms with Crippen molar-refractivity contribution in [2.75, 3.05) is 25.5 Å². The summed E-state index contributed by atoms with van der Waals surface area (Å²) in [6, 6.07) is 14.2. The second-order valence-electron chi connectivity index (χ2n) is 6.91. The van der Waals surface area contributed by atoms with E-state index in [4.69, 9.17) is 0 Å². The van der Waals surface area contributed by atoms with Gasteiger partial charge in [-0.05, 0) is 55.6 Å². The van der Waals surface area contributed by atoms with Crippen molar-refractivity contribution in [1.29, 1.82) is 0 Å². The van der Waals surface area contributed by atoms with Gasteiger partial charge in [-0.3, -0.25) is 14.5 Å². The van der Waals surface area contributed by atoms with Crippen molar-refractivity contribution >= 4 is 17.5 Å². The number of carbonyl (C=O) groups excluding carboxylic acids is 2. The van der Waals surface area contributed by atoms with Gasteiger partial charge in [-0.25, -0.2) is 0 Å². The fourth-order valence-corrected chi connectivity index (χ4v) is 2.81. The van der Waals surface area contributed by atoms with Crippen LogP contribution in [0.3, 0.4) is 0 Å². The summed E-state index contributed by atoms with van der Waals surface area (Å²) in [7, 11) is 1.89. The number of hydrogen-bond acceptors (Lipinski definition) is 3. The summed E-state index contributed by atoms with van der Waals surface area (Å²) in [4.78, 5) is 26.1. The van der Waals surface area contributed by atoms with Crippen LogP contribution in [0.5, 0.6) is 0 Å². The van der Waals surface area contributed by atoms with Gasteiger partial charge >= 0.3 is 0 Å². The van der Waals surface area contributed by atoms with Crippen LogP contribution in [-0.2, 0) is 22.6 Å². The average Bonchev–Trinajstić information content (AvgIpc) is 2.64. The first kappa shape index (κ1) is 20.6. The maximum absolute atomic E-state index is 12.1. The lowest BCUT2D eigenvalue weighted by Crippen LogP contribution is -2.39. The molecule has 144 valence electrons. The Kier molecular flexibility index (Phi) is 7.55. The summed E-state index contributed by atoms with van der Waals surface area (Å²) < 4.78 is 0. The van der Waals surface area contributed by atoms with Gasteiger partial charge < -0.3 is 10.6 Å². The zero-order valence-corrected chi connectivity index (χ0v) is 16.6. The standard InChI is InChI=1S/C22H29N3O2/c1-5-18-9-11-19(12-10-18)14-25(4)15-22(27)23-13-21(26)24-20-8-6-7-16(2)17(20)3/h6-12H,5,13-15H2,1-4H3,(H,23,27)(H,24,26). The topological polar surface area (TPSA) is 61.4 Å². The molecule has 27 heavy (non-hydrogen) atoms. The first-order valence-corrected chi connectivity index (χ1v) is 9.28. The molecule has 0 fully saturated rings. The molecular formula is C22H29N3O2. The number of benzene rings is 2. The van der Waals surface area contributed by atoms with Crippen molar-refractivity contribution in [3.8, 4) is 0 Å². The normalized spacial score (nSPS) is 10.7. The molecule has 0 bridgehead atoms. The Hall–Kier alpha value is -2.66. The highest BCUT2D eigenvalue weighted by Crippen LogP contribution is 2.17. The van der Waals surface area contributed by atoms with Crippen LogP contribution < -0.4 is 10.6 Å². The first-order chi connectivity index (χ1) is 12.9. The van der Waals surface area contributed by atoms with Crippen molar-refractivity contribution in [1.82, 2.24) is 10.2 Å². The van der Waals surface area contributed by atoms with Crippen LogP contribution in [0.15, 0.2) is 42.5 Å². The van der Waals surface area contributed by atoms with E-state index in [1.54, 1.807) is 0 Å². The quantitative estimate of drug-likeness (QED) is 0.754. The number of aryl methyl sites for hydroxylation is 2. The van der Waals surface area contributed by atoms with Gasteiger partial charge in [-0.15, -0.1) is 0 Å². The van der Waals surface area contributed by atoms with E-state index in [1.807, 2.05) is 44.0 Å². The highest BCUT2D eigenvalue weighted by molar-refractivity contribution is 5.95. The molecule has 0 aromatic heterocycles. The molecule has 0 aliphatic rings. The van der Waals surface area contributed by atoms with Crippen molar-refractivity contribution in [2.24, 2.45) is 0 Å².